The van der Waals surface area contributed by atoms with Gasteiger partial charge in [0, 0.05) is 0 Å². The molecule has 0 bridgehead atoms. The number of hydrogen-bond donors (Lipinski definition) is 0. The SMILES string of the molecule is CCCCCCCCCCCC([C+]1N=CC=N1)C(CC)Cc1ccccc1. The second-order valence-electron chi connectivity index (χ2n) is 8.00. The van der Waals surface area contributed by atoms with Crippen molar-refractivity contribution in [2.45, 2.75) is 90.9 Å². The van der Waals surface area contributed by atoms with Gasteiger partial charge in [0.25, 0.3) is 0 Å². The molecule has 0 saturated carbocycles. The summed E-state index contributed by atoms with van der Waals surface area (Å²) in [6.45, 7) is 4.61. The van der Waals surface area contributed by atoms with E-state index in [-0.39, 0.29) is 0 Å². The summed E-state index contributed by atoms with van der Waals surface area (Å²) in [7, 11) is 0. The van der Waals surface area contributed by atoms with Crippen molar-refractivity contribution in [3.63, 3.8) is 0 Å². The van der Waals surface area contributed by atoms with Crippen LogP contribution in [-0.2, 0) is 6.42 Å². The smallest absolute Gasteiger partial charge is 0.0965 e. The van der Waals surface area contributed by atoms with Gasteiger partial charge in [-0.1, -0.05) is 118 Å². The van der Waals surface area contributed by atoms with E-state index in [2.05, 4.69) is 54.2 Å². The maximum atomic E-state index is 4.57. The summed E-state index contributed by atoms with van der Waals surface area (Å²) in [6, 6.07) is 10.9. The van der Waals surface area contributed by atoms with Crippen molar-refractivity contribution >= 4 is 12.4 Å². The Morgan fingerprint density at radius 3 is 1.96 bits per heavy atom. The van der Waals surface area contributed by atoms with E-state index >= 15 is 0 Å². The molecule has 2 nitrogen and oxygen atoms in total. The summed E-state index contributed by atoms with van der Waals surface area (Å²) in [5.41, 5.74) is 1.44. The van der Waals surface area contributed by atoms with E-state index in [0.29, 0.717) is 11.8 Å². The van der Waals surface area contributed by atoms with Crippen LogP contribution in [0, 0.1) is 18.0 Å². The number of benzene rings is 1. The van der Waals surface area contributed by atoms with Gasteiger partial charge in [0.15, 0.2) is 12.4 Å². The zero-order chi connectivity index (χ0) is 19.2. The Kier molecular flexibility index (Phi) is 10.9. The lowest BCUT2D eigenvalue weighted by Gasteiger charge is -2.24. The Hall–Kier alpha value is -1.57. The Balaban J connectivity index is 1.76. The molecule has 1 aromatic carbocycles. The van der Waals surface area contributed by atoms with Crippen molar-refractivity contribution in [3.05, 3.63) is 42.1 Å². The summed E-state index contributed by atoms with van der Waals surface area (Å²) in [4.78, 5) is 9.15. The highest BCUT2D eigenvalue weighted by molar-refractivity contribution is 6.18. The number of hydrogen-bond acceptors (Lipinski definition) is 2. The molecular weight excluding hydrogens is 328 g/mol. The molecule has 0 fully saturated rings. The first-order valence-corrected chi connectivity index (χ1v) is 11.3. The molecule has 0 spiro atoms. The highest BCUT2D eigenvalue weighted by Gasteiger charge is 2.34. The van der Waals surface area contributed by atoms with Gasteiger partial charge in [-0.25, -0.2) is 0 Å². The van der Waals surface area contributed by atoms with Crippen LogP contribution in [0.15, 0.2) is 40.3 Å². The molecular formula is C25H39N2+. The number of nitrogens with zero attached hydrogens (tertiary/aromatic N) is 2. The molecule has 0 N–H and O–H groups in total. The molecule has 0 saturated heterocycles. The molecule has 1 aliphatic heterocycles. The quantitative estimate of drug-likeness (QED) is 0.227. The Morgan fingerprint density at radius 1 is 0.778 bits per heavy atom. The molecule has 27 heavy (non-hydrogen) atoms. The Bertz CT molecular complexity index is 523. The zero-order valence-corrected chi connectivity index (χ0v) is 17.6. The van der Waals surface area contributed by atoms with Crippen molar-refractivity contribution in [2.75, 3.05) is 0 Å². The molecule has 2 heteroatoms. The maximum absolute atomic E-state index is 4.57. The monoisotopic (exact) mass is 367 g/mol. The van der Waals surface area contributed by atoms with Crippen LogP contribution in [0.25, 0.3) is 0 Å². The van der Waals surface area contributed by atoms with E-state index in [1.807, 2.05) is 12.4 Å². The molecule has 2 atom stereocenters. The van der Waals surface area contributed by atoms with E-state index in [1.165, 1.54) is 76.2 Å². The molecule has 0 aromatic heterocycles. The van der Waals surface area contributed by atoms with Crippen molar-refractivity contribution in [3.8, 4) is 0 Å². The normalized spacial score (nSPS) is 15.4. The van der Waals surface area contributed by atoms with E-state index < -0.39 is 0 Å². The third-order valence-corrected chi connectivity index (χ3v) is 5.86. The predicted molar refractivity (Wildman–Crippen MR) is 119 cm³/mol. The van der Waals surface area contributed by atoms with Crippen molar-refractivity contribution in [1.82, 2.24) is 0 Å². The third kappa shape index (κ3) is 8.32. The molecule has 0 radical (unpaired) electrons. The van der Waals surface area contributed by atoms with E-state index in [1.54, 1.807) is 0 Å². The topological polar surface area (TPSA) is 24.7 Å². The molecule has 2 rings (SSSR count). The van der Waals surface area contributed by atoms with Gasteiger partial charge >= 0.3 is 0 Å². The van der Waals surface area contributed by atoms with Crippen LogP contribution in [0.1, 0.15) is 90.0 Å². The molecule has 0 aliphatic carbocycles. The summed E-state index contributed by atoms with van der Waals surface area (Å²) in [5, 5.41) is 0. The highest BCUT2D eigenvalue weighted by Crippen LogP contribution is 2.35. The molecule has 1 aliphatic rings. The lowest BCUT2D eigenvalue weighted by Crippen LogP contribution is -2.21. The molecule has 1 heterocycles. The minimum atomic E-state index is 0.495. The fraction of sp³-hybridized carbons (Fsp3) is 0.640. The third-order valence-electron chi connectivity index (χ3n) is 5.86. The van der Waals surface area contributed by atoms with E-state index in [9.17, 15) is 0 Å². The van der Waals surface area contributed by atoms with Gasteiger partial charge in [0.1, 0.15) is 0 Å². The molecule has 148 valence electrons. The van der Waals surface area contributed by atoms with Crippen molar-refractivity contribution in [1.29, 1.82) is 0 Å². The first kappa shape index (κ1) is 21.7. The van der Waals surface area contributed by atoms with Crippen LogP contribution in [-0.4, -0.2) is 12.4 Å². The van der Waals surface area contributed by atoms with Crippen LogP contribution in [0.2, 0.25) is 0 Å². The number of aliphatic imine (C=N–C) groups is 2. The van der Waals surface area contributed by atoms with Crippen molar-refractivity contribution < 1.29 is 0 Å². The minimum Gasteiger partial charge on any atom is -0.0965 e. The Labute approximate surface area is 167 Å². The summed E-state index contributed by atoms with van der Waals surface area (Å²) < 4.78 is 0. The predicted octanol–water partition coefficient (Wildman–Crippen LogP) is 7.44. The fourth-order valence-electron chi connectivity index (χ4n) is 4.18. The largest absolute Gasteiger partial charge is 0.244 e. The van der Waals surface area contributed by atoms with Gasteiger partial charge in [-0.3, -0.25) is 0 Å². The maximum Gasteiger partial charge on any atom is 0.244 e. The second kappa shape index (κ2) is 13.6. The average molecular weight is 368 g/mol. The van der Waals surface area contributed by atoms with Crippen molar-refractivity contribution in [2.24, 2.45) is 21.8 Å². The van der Waals surface area contributed by atoms with Crippen LogP contribution >= 0.6 is 0 Å². The fourth-order valence-corrected chi connectivity index (χ4v) is 4.18. The zero-order valence-electron chi connectivity index (χ0n) is 17.6. The lowest BCUT2D eigenvalue weighted by molar-refractivity contribution is 0.300. The highest BCUT2D eigenvalue weighted by atomic mass is 15.0. The summed E-state index contributed by atoms with van der Waals surface area (Å²) in [5.74, 6) is 1.12. The first-order chi connectivity index (χ1) is 13.3. The van der Waals surface area contributed by atoms with Crippen LogP contribution in [0.4, 0.5) is 0 Å². The van der Waals surface area contributed by atoms with E-state index in [4.69, 9.17) is 0 Å². The van der Waals surface area contributed by atoms with Gasteiger partial charge in [-0.05, 0) is 24.3 Å². The number of rotatable bonds is 15. The van der Waals surface area contributed by atoms with Crippen LogP contribution in [0.5, 0.6) is 0 Å². The van der Waals surface area contributed by atoms with Gasteiger partial charge < -0.3 is 0 Å². The van der Waals surface area contributed by atoms with Gasteiger partial charge in [0.2, 0.25) is 6.17 Å². The molecule has 1 aromatic rings. The average Bonchev–Trinajstić information content (AvgIpc) is 3.23. The Morgan fingerprint density at radius 2 is 1.37 bits per heavy atom. The van der Waals surface area contributed by atoms with Gasteiger partial charge in [-0.15, -0.1) is 0 Å². The van der Waals surface area contributed by atoms with Gasteiger partial charge in [0.05, 0.1) is 5.92 Å². The van der Waals surface area contributed by atoms with Crippen LogP contribution < -0.4 is 0 Å². The summed E-state index contributed by atoms with van der Waals surface area (Å²) in [6.07, 6.45) is 20.8. The lowest BCUT2D eigenvalue weighted by atomic mass is 9.80. The molecule has 0 amide bonds. The number of unbranched alkanes of at least 4 members (excludes halogenated alkanes) is 8. The second-order valence-corrected chi connectivity index (χ2v) is 8.00. The first-order valence-electron chi connectivity index (χ1n) is 11.3. The minimum absolute atomic E-state index is 0.495. The van der Waals surface area contributed by atoms with Gasteiger partial charge in [-0.2, -0.15) is 0 Å². The standard InChI is InChI=1S/C25H39N2/c1-3-5-6-7-8-9-10-11-15-18-24(25-26-19-20-27-25)23(4-2)21-22-16-13-12-14-17-22/h12-14,16-17,19-20,23-24H,3-11,15,18,21H2,1-2H3/q+1. The van der Waals surface area contributed by atoms with E-state index in [0.717, 1.165) is 12.6 Å². The van der Waals surface area contributed by atoms with Crippen LogP contribution in [0.3, 0.4) is 0 Å². The summed E-state index contributed by atoms with van der Waals surface area (Å²) >= 11 is 0. The molecule has 2 unspecified atom stereocenters.